The Bertz CT molecular complexity index is 519. The molecule has 2 rings (SSSR count). The number of hydrogen-bond acceptors (Lipinski definition) is 3. The van der Waals surface area contributed by atoms with Crippen LogP contribution in [0.5, 0.6) is 5.75 Å². The Labute approximate surface area is 97.7 Å². The highest BCUT2D eigenvalue weighted by atomic mass is 16.5. The van der Waals surface area contributed by atoms with Gasteiger partial charge in [0.15, 0.2) is 6.61 Å². The third-order valence-electron chi connectivity index (χ3n) is 2.36. The van der Waals surface area contributed by atoms with E-state index in [0.29, 0.717) is 17.0 Å². The summed E-state index contributed by atoms with van der Waals surface area (Å²) in [6, 6.07) is 5.12. The summed E-state index contributed by atoms with van der Waals surface area (Å²) < 4.78 is 5.19. The zero-order valence-corrected chi connectivity index (χ0v) is 9.19. The summed E-state index contributed by atoms with van der Waals surface area (Å²) in [5.41, 5.74) is 1.50. The summed E-state index contributed by atoms with van der Waals surface area (Å²) in [4.78, 5) is 21.8. The average molecular weight is 233 g/mol. The summed E-state index contributed by atoms with van der Waals surface area (Å²) in [5.74, 6) is -0.591. The summed E-state index contributed by atoms with van der Waals surface area (Å²) in [5, 5.41) is 11.4. The standard InChI is InChI=1S/C12H11NO4/c1-7(12(15)16)4-8-2-3-10-9(5-8)13-11(14)6-17-10/h2-5H,6H2,1H3,(H,13,14)(H,15,16)/b7-4+. The van der Waals surface area contributed by atoms with Crippen LogP contribution in [0, 0.1) is 0 Å². The number of carboxylic acid groups (broad SMARTS) is 1. The van der Waals surface area contributed by atoms with E-state index in [2.05, 4.69) is 5.32 Å². The van der Waals surface area contributed by atoms with E-state index < -0.39 is 5.97 Å². The van der Waals surface area contributed by atoms with E-state index in [1.807, 2.05) is 0 Å². The predicted octanol–water partition coefficient (Wildman–Crippen LogP) is 1.51. The van der Waals surface area contributed by atoms with Gasteiger partial charge in [-0.05, 0) is 30.7 Å². The third kappa shape index (κ3) is 2.44. The lowest BCUT2D eigenvalue weighted by Gasteiger charge is -2.17. The third-order valence-corrected chi connectivity index (χ3v) is 2.36. The second kappa shape index (κ2) is 4.29. The van der Waals surface area contributed by atoms with Crippen LogP contribution in [0.1, 0.15) is 12.5 Å². The van der Waals surface area contributed by atoms with Gasteiger partial charge in [0.25, 0.3) is 5.91 Å². The minimum absolute atomic E-state index is 0.0103. The fourth-order valence-corrected chi connectivity index (χ4v) is 1.50. The number of carbonyl (C=O) groups is 2. The van der Waals surface area contributed by atoms with Crippen LogP contribution in [0.2, 0.25) is 0 Å². The number of aliphatic carboxylic acids is 1. The van der Waals surface area contributed by atoms with E-state index in [4.69, 9.17) is 9.84 Å². The maximum Gasteiger partial charge on any atom is 0.331 e. The first-order chi connectivity index (χ1) is 8.06. The van der Waals surface area contributed by atoms with Gasteiger partial charge < -0.3 is 15.2 Å². The molecule has 0 saturated carbocycles. The lowest BCUT2D eigenvalue weighted by atomic mass is 10.1. The van der Waals surface area contributed by atoms with Crippen molar-refractivity contribution in [2.75, 3.05) is 11.9 Å². The van der Waals surface area contributed by atoms with Crippen molar-refractivity contribution in [3.63, 3.8) is 0 Å². The molecule has 0 bridgehead atoms. The molecule has 0 spiro atoms. The molecule has 5 nitrogen and oxygen atoms in total. The highest BCUT2D eigenvalue weighted by molar-refractivity contribution is 5.96. The molecule has 1 aromatic carbocycles. The van der Waals surface area contributed by atoms with Crippen LogP contribution in [0.4, 0.5) is 5.69 Å². The Morgan fingerprint density at radius 3 is 3.00 bits per heavy atom. The molecule has 0 aliphatic carbocycles. The van der Waals surface area contributed by atoms with Crippen molar-refractivity contribution in [2.45, 2.75) is 6.92 Å². The molecule has 0 atom stereocenters. The molecule has 0 aromatic heterocycles. The zero-order valence-electron chi connectivity index (χ0n) is 9.19. The molecule has 1 heterocycles. The Kier molecular flexibility index (Phi) is 2.82. The van der Waals surface area contributed by atoms with Gasteiger partial charge in [0.1, 0.15) is 5.75 Å². The van der Waals surface area contributed by atoms with Crippen LogP contribution in [-0.4, -0.2) is 23.6 Å². The Morgan fingerprint density at radius 2 is 2.29 bits per heavy atom. The number of carbonyl (C=O) groups excluding carboxylic acids is 1. The average Bonchev–Trinajstić information content (AvgIpc) is 2.28. The van der Waals surface area contributed by atoms with Gasteiger partial charge in [0.2, 0.25) is 0 Å². The SMILES string of the molecule is C/C(=C\c1ccc2c(c1)NC(=O)CO2)C(=O)O. The topological polar surface area (TPSA) is 75.6 Å². The fraction of sp³-hybridized carbons (Fsp3) is 0.167. The number of fused-ring (bicyclic) bond motifs is 1. The van der Waals surface area contributed by atoms with Crippen LogP contribution in [0.25, 0.3) is 6.08 Å². The predicted molar refractivity (Wildman–Crippen MR) is 61.9 cm³/mol. The maximum atomic E-state index is 11.1. The van der Waals surface area contributed by atoms with E-state index >= 15 is 0 Å². The van der Waals surface area contributed by atoms with E-state index in [0.717, 1.165) is 0 Å². The van der Waals surface area contributed by atoms with Crippen molar-refractivity contribution in [1.29, 1.82) is 0 Å². The minimum Gasteiger partial charge on any atom is -0.482 e. The van der Waals surface area contributed by atoms with Crippen molar-refractivity contribution in [3.8, 4) is 5.75 Å². The van der Waals surface area contributed by atoms with Gasteiger partial charge in [-0.25, -0.2) is 4.79 Å². The van der Waals surface area contributed by atoms with Crippen molar-refractivity contribution >= 4 is 23.6 Å². The number of anilines is 1. The Hall–Kier alpha value is -2.30. The molecule has 1 aliphatic heterocycles. The normalized spacial score (nSPS) is 14.6. The van der Waals surface area contributed by atoms with Crippen molar-refractivity contribution in [1.82, 2.24) is 0 Å². The number of benzene rings is 1. The molecule has 0 radical (unpaired) electrons. The number of nitrogens with one attached hydrogen (secondary N) is 1. The molecule has 2 N–H and O–H groups in total. The molecule has 0 fully saturated rings. The van der Waals surface area contributed by atoms with Gasteiger partial charge in [-0.15, -0.1) is 0 Å². The quantitative estimate of drug-likeness (QED) is 0.759. The second-order valence-electron chi connectivity index (χ2n) is 3.72. The number of carboxylic acids is 1. The molecule has 0 saturated heterocycles. The molecule has 1 amide bonds. The van der Waals surface area contributed by atoms with Crippen molar-refractivity contribution < 1.29 is 19.4 Å². The van der Waals surface area contributed by atoms with Gasteiger partial charge in [-0.3, -0.25) is 4.79 Å². The van der Waals surface area contributed by atoms with Crippen molar-refractivity contribution in [2.24, 2.45) is 0 Å². The van der Waals surface area contributed by atoms with Crippen LogP contribution < -0.4 is 10.1 Å². The monoisotopic (exact) mass is 233 g/mol. The van der Waals surface area contributed by atoms with Gasteiger partial charge in [-0.2, -0.15) is 0 Å². The summed E-state index contributed by atoms with van der Waals surface area (Å²) in [6.45, 7) is 1.52. The van der Waals surface area contributed by atoms with Crippen LogP contribution in [0.15, 0.2) is 23.8 Å². The first-order valence-corrected chi connectivity index (χ1v) is 5.04. The van der Waals surface area contributed by atoms with Crippen molar-refractivity contribution in [3.05, 3.63) is 29.3 Å². The molecular weight excluding hydrogens is 222 g/mol. The Balaban J connectivity index is 2.33. The first kappa shape index (κ1) is 11.2. The van der Waals surface area contributed by atoms with E-state index in [9.17, 15) is 9.59 Å². The second-order valence-corrected chi connectivity index (χ2v) is 3.72. The van der Waals surface area contributed by atoms with Crippen LogP contribution in [0.3, 0.4) is 0 Å². The van der Waals surface area contributed by atoms with Gasteiger partial charge in [0.05, 0.1) is 5.69 Å². The van der Waals surface area contributed by atoms with Crippen LogP contribution >= 0.6 is 0 Å². The van der Waals surface area contributed by atoms with E-state index in [1.54, 1.807) is 18.2 Å². The van der Waals surface area contributed by atoms with Gasteiger partial charge in [-0.1, -0.05) is 6.07 Å². The van der Waals surface area contributed by atoms with Gasteiger partial charge in [0, 0.05) is 5.57 Å². The van der Waals surface area contributed by atoms with Crippen LogP contribution in [-0.2, 0) is 9.59 Å². The molecule has 1 aliphatic rings. The van der Waals surface area contributed by atoms with Gasteiger partial charge >= 0.3 is 5.97 Å². The zero-order chi connectivity index (χ0) is 12.4. The number of rotatable bonds is 2. The molecule has 0 unspecified atom stereocenters. The largest absolute Gasteiger partial charge is 0.482 e. The van der Waals surface area contributed by atoms with E-state index in [1.165, 1.54) is 13.0 Å². The highest BCUT2D eigenvalue weighted by Gasteiger charge is 2.15. The number of hydrogen-bond donors (Lipinski definition) is 2. The molecular formula is C12H11NO4. The minimum atomic E-state index is -0.969. The first-order valence-electron chi connectivity index (χ1n) is 5.04. The molecule has 88 valence electrons. The highest BCUT2D eigenvalue weighted by Crippen LogP contribution is 2.29. The summed E-state index contributed by atoms with van der Waals surface area (Å²) in [7, 11) is 0. The molecule has 1 aromatic rings. The van der Waals surface area contributed by atoms with E-state index in [-0.39, 0.29) is 18.1 Å². The summed E-state index contributed by atoms with van der Waals surface area (Å²) >= 11 is 0. The summed E-state index contributed by atoms with van der Waals surface area (Å²) in [6.07, 6.45) is 1.53. The maximum absolute atomic E-state index is 11.1. The lowest BCUT2D eigenvalue weighted by molar-refractivity contribution is -0.132. The Morgan fingerprint density at radius 1 is 1.53 bits per heavy atom. The fourth-order valence-electron chi connectivity index (χ4n) is 1.50. The molecule has 5 heteroatoms. The number of amides is 1. The smallest absolute Gasteiger partial charge is 0.331 e. The number of ether oxygens (including phenoxy) is 1. The lowest BCUT2D eigenvalue weighted by Crippen LogP contribution is -2.25. The molecule has 17 heavy (non-hydrogen) atoms.